The van der Waals surface area contributed by atoms with Crippen LogP contribution in [0.1, 0.15) is 24.0 Å². The second-order valence-corrected chi connectivity index (χ2v) is 5.31. The lowest BCUT2D eigenvalue weighted by atomic mass is 10.3. The molecule has 0 spiro atoms. The second-order valence-electron chi connectivity index (χ2n) is 4.92. The lowest BCUT2D eigenvalue weighted by Crippen LogP contribution is -2.10. The van der Waals surface area contributed by atoms with Gasteiger partial charge in [-0.3, -0.25) is 0 Å². The average Bonchev–Trinajstić information content (AvgIpc) is 2.85. The van der Waals surface area contributed by atoms with E-state index in [1.165, 1.54) is 0 Å². The van der Waals surface area contributed by atoms with Gasteiger partial charge >= 0.3 is 0 Å². The number of hydrogen-bond acceptors (Lipinski definition) is 6. The van der Waals surface area contributed by atoms with Crippen LogP contribution in [-0.2, 0) is 13.0 Å². The molecule has 0 aromatic carbocycles. The van der Waals surface area contributed by atoms with E-state index in [2.05, 4.69) is 25.4 Å². The Labute approximate surface area is 132 Å². The maximum absolute atomic E-state index is 6.04. The van der Waals surface area contributed by atoms with Crippen LogP contribution in [0.3, 0.4) is 0 Å². The van der Waals surface area contributed by atoms with Crippen molar-refractivity contribution in [1.82, 2.24) is 24.6 Å². The number of anilines is 2. The van der Waals surface area contributed by atoms with Gasteiger partial charge in [0, 0.05) is 36.9 Å². The molecule has 3 heterocycles. The fraction of sp³-hybridized carbons (Fsp3) is 0.286. The molecule has 3 N–H and O–H groups in total. The lowest BCUT2D eigenvalue weighted by Gasteiger charge is -2.10. The number of hydrogen-bond donors (Lipinski definition) is 2. The number of aromatic nitrogens is 5. The molecule has 3 aromatic rings. The number of aryl methyl sites for hydroxylation is 2. The van der Waals surface area contributed by atoms with Crippen molar-refractivity contribution >= 4 is 28.9 Å². The molecule has 0 fully saturated rings. The molecule has 7 nitrogen and oxygen atoms in total. The summed E-state index contributed by atoms with van der Waals surface area (Å²) in [5, 5.41) is 8.04. The summed E-state index contributed by atoms with van der Waals surface area (Å²) in [6, 6.07) is 3.59. The molecular weight excluding hydrogens is 302 g/mol. The molecular formula is C14H16ClN7. The van der Waals surface area contributed by atoms with E-state index in [0.29, 0.717) is 23.2 Å². The zero-order valence-electron chi connectivity index (χ0n) is 12.3. The summed E-state index contributed by atoms with van der Waals surface area (Å²) in [5.41, 5.74) is 8.34. The van der Waals surface area contributed by atoms with E-state index in [-0.39, 0.29) is 0 Å². The molecule has 22 heavy (non-hydrogen) atoms. The smallest absolute Gasteiger partial charge is 0.159 e. The number of nitrogens with one attached hydrogen (secondary N) is 1. The van der Waals surface area contributed by atoms with Gasteiger partial charge in [0.1, 0.15) is 22.6 Å². The van der Waals surface area contributed by atoms with E-state index in [1.54, 1.807) is 16.8 Å². The predicted molar refractivity (Wildman–Crippen MR) is 85.9 cm³/mol. The van der Waals surface area contributed by atoms with E-state index in [0.717, 1.165) is 29.3 Å². The molecule has 0 aliphatic carbocycles. The van der Waals surface area contributed by atoms with Gasteiger partial charge in [0.05, 0.1) is 5.69 Å². The molecule has 0 radical (unpaired) electrons. The van der Waals surface area contributed by atoms with Gasteiger partial charge in [0.15, 0.2) is 5.65 Å². The molecule has 0 atom stereocenters. The summed E-state index contributed by atoms with van der Waals surface area (Å²) in [7, 11) is 0. The molecule has 0 saturated carbocycles. The summed E-state index contributed by atoms with van der Waals surface area (Å²) >= 11 is 6.04. The standard InChI is InChI=1S/C14H16ClN7/c1-3-11-17-6-9(14(16)20-11)7-18-12-5-10(15)19-13-4-8(2)21-22(12)13/h4-6,18H,3,7H2,1-2H3,(H2,16,17,20). The quantitative estimate of drug-likeness (QED) is 0.717. The first kappa shape index (κ1) is 14.5. The first-order chi connectivity index (χ1) is 10.6. The van der Waals surface area contributed by atoms with Crippen LogP contribution in [-0.4, -0.2) is 24.6 Å². The first-order valence-corrected chi connectivity index (χ1v) is 7.31. The maximum atomic E-state index is 6.04. The minimum absolute atomic E-state index is 0.403. The Morgan fingerprint density at radius 1 is 1.32 bits per heavy atom. The van der Waals surface area contributed by atoms with Crippen molar-refractivity contribution in [3.63, 3.8) is 0 Å². The summed E-state index contributed by atoms with van der Waals surface area (Å²) in [6.45, 7) is 4.37. The van der Waals surface area contributed by atoms with Crippen LogP contribution in [0, 0.1) is 6.92 Å². The Hall–Kier alpha value is -2.41. The van der Waals surface area contributed by atoms with Gasteiger partial charge in [-0.2, -0.15) is 9.61 Å². The number of rotatable bonds is 4. The van der Waals surface area contributed by atoms with Gasteiger partial charge in [-0.1, -0.05) is 18.5 Å². The van der Waals surface area contributed by atoms with Crippen molar-refractivity contribution in [2.75, 3.05) is 11.1 Å². The van der Waals surface area contributed by atoms with Gasteiger partial charge in [-0.15, -0.1) is 0 Å². The highest BCUT2D eigenvalue weighted by Gasteiger charge is 2.09. The fourth-order valence-electron chi connectivity index (χ4n) is 2.13. The van der Waals surface area contributed by atoms with Crippen LogP contribution in [0.15, 0.2) is 18.3 Å². The van der Waals surface area contributed by atoms with E-state index in [1.807, 2.05) is 19.9 Å². The fourth-order valence-corrected chi connectivity index (χ4v) is 2.32. The minimum Gasteiger partial charge on any atom is -0.383 e. The zero-order valence-corrected chi connectivity index (χ0v) is 13.1. The number of nitrogens with zero attached hydrogens (tertiary/aromatic N) is 5. The van der Waals surface area contributed by atoms with Gasteiger partial charge < -0.3 is 11.1 Å². The van der Waals surface area contributed by atoms with Crippen LogP contribution < -0.4 is 11.1 Å². The van der Waals surface area contributed by atoms with Crippen LogP contribution >= 0.6 is 11.6 Å². The van der Waals surface area contributed by atoms with Crippen molar-refractivity contribution < 1.29 is 0 Å². The molecule has 0 unspecified atom stereocenters. The number of halogens is 1. The summed E-state index contributed by atoms with van der Waals surface area (Å²) in [5.74, 6) is 1.95. The molecule has 0 saturated heterocycles. The lowest BCUT2D eigenvalue weighted by molar-refractivity contribution is 0.895. The van der Waals surface area contributed by atoms with Crippen LogP contribution in [0.4, 0.5) is 11.6 Å². The van der Waals surface area contributed by atoms with E-state index in [9.17, 15) is 0 Å². The summed E-state index contributed by atoms with van der Waals surface area (Å²) in [4.78, 5) is 12.7. The predicted octanol–water partition coefficient (Wildman–Crippen LogP) is 2.24. The number of fused-ring (bicyclic) bond motifs is 1. The van der Waals surface area contributed by atoms with Crippen molar-refractivity contribution in [3.8, 4) is 0 Å². The Kier molecular flexibility index (Phi) is 3.81. The first-order valence-electron chi connectivity index (χ1n) is 6.94. The van der Waals surface area contributed by atoms with E-state index >= 15 is 0 Å². The summed E-state index contributed by atoms with van der Waals surface area (Å²) < 4.78 is 1.71. The van der Waals surface area contributed by atoms with Crippen molar-refractivity contribution in [3.05, 3.63) is 40.6 Å². The van der Waals surface area contributed by atoms with Crippen molar-refractivity contribution in [2.45, 2.75) is 26.8 Å². The van der Waals surface area contributed by atoms with Crippen molar-refractivity contribution in [2.24, 2.45) is 0 Å². The Morgan fingerprint density at radius 3 is 2.86 bits per heavy atom. The number of nitrogens with two attached hydrogens (primary N) is 1. The third-order valence-electron chi connectivity index (χ3n) is 3.24. The molecule has 0 amide bonds. The Morgan fingerprint density at radius 2 is 2.14 bits per heavy atom. The molecule has 3 aromatic heterocycles. The summed E-state index contributed by atoms with van der Waals surface area (Å²) in [6.07, 6.45) is 2.49. The molecule has 0 bridgehead atoms. The van der Waals surface area contributed by atoms with Crippen molar-refractivity contribution in [1.29, 1.82) is 0 Å². The van der Waals surface area contributed by atoms with Crippen LogP contribution in [0.25, 0.3) is 5.65 Å². The highest BCUT2D eigenvalue weighted by molar-refractivity contribution is 6.29. The van der Waals surface area contributed by atoms with E-state index in [4.69, 9.17) is 17.3 Å². The third kappa shape index (κ3) is 2.80. The molecule has 0 aliphatic heterocycles. The average molecular weight is 318 g/mol. The Bertz CT molecular complexity index is 827. The monoisotopic (exact) mass is 317 g/mol. The van der Waals surface area contributed by atoms with Gasteiger partial charge in [-0.25, -0.2) is 15.0 Å². The van der Waals surface area contributed by atoms with Gasteiger partial charge in [-0.05, 0) is 6.92 Å². The third-order valence-corrected chi connectivity index (χ3v) is 3.44. The maximum Gasteiger partial charge on any atom is 0.159 e. The van der Waals surface area contributed by atoms with E-state index < -0.39 is 0 Å². The molecule has 8 heteroatoms. The zero-order chi connectivity index (χ0) is 15.7. The molecule has 3 rings (SSSR count). The molecule has 114 valence electrons. The minimum atomic E-state index is 0.403. The highest BCUT2D eigenvalue weighted by Crippen LogP contribution is 2.18. The molecule has 0 aliphatic rings. The topological polar surface area (TPSA) is 94.0 Å². The normalized spacial score (nSPS) is 11.0. The van der Waals surface area contributed by atoms with Crippen LogP contribution in [0.5, 0.6) is 0 Å². The largest absolute Gasteiger partial charge is 0.383 e. The highest BCUT2D eigenvalue weighted by atomic mass is 35.5. The number of nitrogen functional groups attached to an aromatic ring is 1. The SMILES string of the molecule is CCc1ncc(CNc2cc(Cl)nc3cc(C)nn23)c(N)n1. The van der Waals surface area contributed by atoms with Gasteiger partial charge in [0.25, 0.3) is 0 Å². The second kappa shape index (κ2) is 5.76. The van der Waals surface area contributed by atoms with Crippen LogP contribution in [0.2, 0.25) is 5.15 Å². The Balaban J connectivity index is 1.87. The van der Waals surface area contributed by atoms with Gasteiger partial charge in [0.2, 0.25) is 0 Å².